The van der Waals surface area contributed by atoms with E-state index in [0.29, 0.717) is 11.5 Å². The van der Waals surface area contributed by atoms with Crippen molar-refractivity contribution in [2.75, 3.05) is 18.7 Å². The van der Waals surface area contributed by atoms with Gasteiger partial charge in [0.05, 0.1) is 11.4 Å². The first-order chi connectivity index (χ1) is 12.4. The minimum atomic E-state index is -3.84. The Morgan fingerprint density at radius 3 is 2.69 bits per heavy atom. The quantitative estimate of drug-likeness (QED) is 0.806. The van der Waals surface area contributed by atoms with Crippen LogP contribution in [0.4, 0.5) is 5.69 Å². The summed E-state index contributed by atoms with van der Waals surface area (Å²) in [6, 6.07) is 10.1. The van der Waals surface area contributed by atoms with Crippen molar-refractivity contribution in [1.29, 1.82) is 0 Å². The number of ether oxygens (including phenoxy) is 2. The van der Waals surface area contributed by atoms with Gasteiger partial charge in [0, 0.05) is 11.8 Å². The van der Waals surface area contributed by atoms with Gasteiger partial charge in [-0.1, -0.05) is 25.1 Å². The highest BCUT2D eigenvalue weighted by Crippen LogP contribution is 2.33. The Morgan fingerprint density at radius 2 is 1.92 bits per heavy atom. The van der Waals surface area contributed by atoms with Crippen molar-refractivity contribution in [3.8, 4) is 11.5 Å². The maximum absolute atomic E-state index is 12.4. The second-order valence-corrected chi connectivity index (χ2v) is 7.62. The Kier molecular flexibility index (Phi) is 5.15. The van der Waals surface area contributed by atoms with E-state index in [0.717, 1.165) is 23.2 Å². The maximum Gasteiger partial charge on any atom is 0.241 e. The van der Waals surface area contributed by atoms with Gasteiger partial charge in [-0.05, 0) is 36.6 Å². The number of nitrogens with one attached hydrogen (secondary N) is 2. The zero-order valence-corrected chi connectivity index (χ0v) is 15.4. The number of fused-ring (bicyclic) bond motifs is 1. The zero-order valence-electron chi connectivity index (χ0n) is 14.5. The molecule has 138 valence electrons. The summed E-state index contributed by atoms with van der Waals surface area (Å²) < 4.78 is 37.4. The van der Waals surface area contributed by atoms with Crippen LogP contribution < -0.4 is 19.5 Å². The molecule has 0 atom stereocenters. The highest BCUT2D eigenvalue weighted by Gasteiger charge is 2.21. The summed E-state index contributed by atoms with van der Waals surface area (Å²) in [5, 5.41) is 2.78. The Bertz CT molecular complexity index is 941. The van der Waals surface area contributed by atoms with Crippen LogP contribution in [0.3, 0.4) is 0 Å². The van der Waals surface area contributed by atoms with Gasteiger partial charge in [-0.15, -0.1) is 0 Å². The molecule has 8 heteroatoms. The van der Waals surface area contributed by atoms with Crippen LogP contribution in [0, 0.1) is 6.92 Å². The number of amides is 1. The van der Waals surface area contributed by atoms with Gasteiger partial charge in [0.1, 0.15) is 0 Å². The van der Waals surface area contributed by atoms with E-state index < -0.39 is 15.9 Å². The van der Waals surface area contributed by atoms with Crippen LogP contribution in [0.2, 0.25) is 0 Å². The molecule has 1 heterocycles. The van der Waals surface area contributed by atoms with E-state index >= 15 is 0 Å². The van der Waals surface area contributed by atoms with Gasteiger partial charge < -0.3 is 14.8 Å². The molecule has 2 N–H and O–H groups in total. The topological polar surface area (TPSA) is 93.7 Å². The molecule has 0 bridgehead atoms. The molecule has 0 saturated carbocycles. The van der Waals surface area contributed by atoms with Crippen molar-refractivity contribution in [3.05, 3.63) is 47.5 Å². The average Bonchev–Trinajstić information content (AvgIpc) is 3.09. The highest BCUT2D eigenvalue weighted by molar-refractivity contribution is 7.89. The van der Waals surface area contributed by atoms with Crippen LogP contribution in [0.25, 0.3) is 0 Å². The number of aryl methyl sites for hydroxylation is 2. The number of sulfonamides is 1. The fourth-order valence-electron chi connectivity index (χ4n) is 2.67. The molecule has 3 rings (SSSR count). The SMILES string of the molecule is CCc1cccc(C)c1NC(=O)CNS(=O)(=O)c1ccc2c(c1)OCO2. The Balaban J connectivity index is 1.67. The van der Waals surface area contributed by atoms with Gasteiger partial charge in [-0.2, -0.15) is 0 Å². The van der Waals surface area contributed by atoms with Crippen molar-refractivity contribution < 1.29 is 22.7 Å². The van der Waals surface area contributed by atoms with Crippen molar-refractivity contribution >= 4 is 21.6 Å². The lowest BCUT2D eigenvalue weighted by atomic mass is 10.1. The Labute approximate surface area is 152 Å². The van der Waals surface area contributed by atoms with Crippen LogP contribution >= 0.6 is 0 Å². The summed E-state index contributed by atoms with van der Waals surface area (Å²) in [6.07, 6.45) is 0.764. The molecule has 1 amide bonds. The van der Waals surface area contributed by atoms with E-state index in [1.165, 1.54) is 18.2 Å². The average molecular weight is 376 g/mol. The summed E-state index contributed by atoms with van der Waals surface area (Å²) in [5.41, 5.74) is 2.65. The minimum absolute atomic E-state index is 0.0136. The van der Waals surface area contributed by atoms with Crippen molar-refractivity contribution in [1.82, 2.24) is 4.72 Å². The molecule has 0 unspecified atom stereocenters. The van der Waals surface area contributed by atoms with Gasteiger partial charge in [-0.25, -0.2) is 13.1 Å². The molecular formula is C18H20N2O5S. The van der Waals surface area contributed by atoms with Gasteiger partial charge in [0.25, 0.3) is 0 Å². The second kappa shape index (κ2) is 7.35. The normalized spacial score (nSPS) is 12.8. The van der Waals surface area contributed by atoms with Crippen molar-refractivity contribution in [3.63, 3.8) is 0 Å². The third-order valence-electron chi connectivity index (χ3n) is 4.08. The third-order valence-corrected chi connectivity index (χ3v) is 5.48. The lowest BCUT2D eigenvalue weighted by Gasteiger charge is -2.13. The summed E-state index contributed by atoms with van der Waals surface area (Å²) in [6.45, 7) is 3.58. The molecule has 26 heavy (non-hydrogen) atoms. The predicted octanol–water partition coefficient (Wildman–Crippen LogP) is 2.20. The Morgan fingerprint density at radius 1 is 1.15 bits per heavy atom. The summed E-state index contributed by atoms with van der Waals surface area (Å²) >= 11 is 0. The number of anilines is 1. The molecule has 0 aromatic heterocycles. The van der Waals surface area contributed by atoms with E-state index in [9.17, 15) is 13.2 Å². The Hall–Kier alpha value is -2.58. The number of hydrogen-bond acceptors (Lipinski definition) is 5. The van der Waals surface area contributed by atoms with Crippen molar-refractivity contribution in [2.24, 2.45) is 0 Å². The molecule has 2 aromatic carbocycles. The first-order valence-electron chi connectivity index (χ1n) is 8.18. The fraction of sp³-hybridized carbons (Fsp3) is 0.278. The minimum Gasteiger partial charge on any atom is -0.454 e. The molecule has 0 radical (unpaired) electrons. The maximum atomic E-state index is 12.4. The molecule has 7 nitrogen and oxygen atoms in total. The number of rotatable bonds is 6. The number of hydrogen-bond donors (Lipinski definition) is 2. The van der Waals surface area contributed by atoms with E-state index in [4.69, 9.17) is 9.47 Å². The molecule has 0 aliphatic carbocycles. The lowest BCUT2D eigenvalue weighted by molar-refractivity contribution is -0.115. The number of benzene rings is 2. The molecule has 1 aliphatic rings. The standard InChI is InChI=1S/C18H20N2O5S/c1-3-13-6-4-5-12(2)18(13)20-17(21)10-19-26(22,23)14-7-8-15-16(9-14)25-11-24-15/h4-9,19H,3,10-11H2,1-2H3,(H,20,21). The first-order valence-corrected chi connectivity index (χ1v) is 9.66. The van der Waals surface area contributed by atoms with Crippen LogP contribution in [-0.2, 0) is 21.2 Å². The predicted molar refractivity (Wildman–Crippen MR) is 96.9 cm³/mol. The van der Waals surface area contributed by atoms with E-state index in [-0.39, 0.29) is 18.2 Å². The van der Waals surface area contributed by atoms with Gasteiger partial charge in [-0.3, -0.25) is 4.79 Å². The molecular weight excluding hydrogens is 356 g/mol. The lowest BCUT2D eigenvalue weighted by Crippen LogP contribution is -2.33. The molecule has 2 aromatic rings. The summed E-state index contributed by atoms with van der Waals surface area (Å²) in [5.74, 6) is 0.427. The number of para-hydroxylation sites is 1. The smallest absolute Gasteiger partial charge is 0.241 e. The molecule has 1 aliphatic heterocycles. The van der Waals surface area contributed by atoms with Gasteiger partial charge in [0.15, 0.2) is 11.5 Å². The molecule has 0 saturated heterocycles. The monoisotopic (exact) mass is 376 g/mol. The fourth-order valence-corrected chi connectivity index (χ4v) is 3.67. The number of carbonyl (C=O) groups is 1. The van der Waals surface area contributed by atoms with Crippen LogP contribution in [-0.4, -0.2) is 27.7 Å². The van der Waals surface area contributed by atoms with Crippen LogP contribution in [0.1, 0.15) is 18.1 Å². The van der Waals surface area contributed by atoms with E-state index in [1.807, 2.05) is 32.0 Å². The highest BCUT2D eigenvalue weighted by atomic mass is 32.2. The molecule has 0 spiro atoms. The van der Waals surface area contributed by atoms with Crippen molar-refractivity contribution in [2.45, 2.75) is 25.2 Å². The zero-order chi connectivity index (χ0) is 18.7. The summed E-state index contributed by atoms with van der Waals surface area (Å²) in [4.78, 5) is 12.2. The summed E-state index contributed by atoms with van der Waals surface area (Å²) in [7, 11) is -3.84. The van der Waals surface area contributed by atoms with Crippen LogP contribution in [0.15, 0.2) is 41.3 Å². The second-order valence-electron chi connectivity index (χ2n) is 5.85. The molecule has 0 fully saturated rings. The van der Waals surface area contributed by atoms with E-state index in [1.54, 1.807) is 0 Å². The first kappa shape index (κ1) is 18.2. The van der Waals surface area contributed by atoms with Gasteiger partial charge in [0.2, 0.25) is 22.7 Å². The van der Waals surface area contributed by atoms with Gasteiger partial charge >= 0.3 is 0 Å². The van der Waals surface area contributed by atoms with Crippen LogP contribution in [0.5, 0.6) is 11.5 Å². The largest absolute Gasteiger partial charge is 0.454 e. The number of carbonyl (C=O) groups excluding carboxylic acids is 1. The third kappa shape index (κ3) is 3.81. The van der Waals surface area contributed by atoms with E-state index in [2.05, 4.69) is 10.0 Å².